The van der Waals surface area contributed by atoms with Crippen molar-refractivity contribution in [3.8, 4) is 5.75 Å². The smallest absolute Gasteiger partial charge is 0.244 e. The fourth-order valence-corrected chi connectivity index (χ4v) is 4.07. The highest BCUT2D eigenvalue weighted by Gasteiger charge is 2.19. The van der Waals surface area contributed by atoms with Gasteiger partial charge in [0.15, 0.2) is 0 Å². The van der Waals surface area contributed by atoms with Gasteiger partial charge in [0.2, 0.25) is 10.0 Å². The Morgan fingerprint density at radius 1 is 1.03 bits per heavy atom. The summed E-state index contributed by atoms with van der Waals surface area (Å²) in [6.07, 6.45) is 1.68. The van der Waals surface area contributed by atoms with Crippen LogP contribution in [0.3, 0.4) is 0 Å². The topological polar surface area (TPSA) is 118 Å². The lowest BCUT2D eigenvalue weighted by Crippen LogP contribution is -2.29. The van der Waals surface area contributed by atoms with E-state index in [9.17, 15) is 8.42 Å². The third-order valence-electron chi connectivity index (χ3n) is 3.90. The Morgan fingerprint density at radius 3 is 2.57 bits per heavy atom. The first-order valence-electron chi connectivity index (χ1n) is 8.98. The highest BCUT2D eigenvalue weighted by Crippen LogP contribution is 2.26. The third-order valence-corrected chi connectivity index (χ3v) is 5.61. The molecule has 3 N–H and O–H groups in total. The van der Waals surface area contributed by atoms with Gasteiger partial charge in [-0.3, -0.25) is 0 Å². The molecule has 0 radical (unpaired) electrons. The molecule has 158 valence electrons. The molecule has 3 aromatic rings. The second kappa shape index (κ2) is 9.70. The van der Waals surface area contributed by atoms with Crippen LogP contribution in [-0.2, 0) is 10.0 Å². The quantitative estimate of drug-likeness (QED) is 0.427. The van der Waals surface area contributed by atoms with Crippen LogP contribution in [0.1, 0.15) is 5.82 Å². The van der Waals surface area contributed by atoms with E-state index in [2.05, 4.69) is 30.3 Å². The van der Waals surface area contributed by atoms with Gasteiger partial charge in [-0.25, -0.2) is 28.1 Å². The number of halogens is 1. The molecule has 2 heterocycles. The highest BCUT2D eigenvalue weighted by molar-refractivity contribution is 7.89. The number of pyridine rings is 1. The molecule has 0 unspecified atom stereocenters. The second-order valence-electron chi connectivity index (χ2n) is 6.15. The van der Waals surface area contributed by atoms with Crippen molar-refractivity contribution >= 4 is 39.1 Å². The minimum atomic E-state index is -3.79. The third kappa shape index (κ3) is 5.78. The Morgan fingerprint density at radius 2 is 1.83 bits per heavy atom. The Labute approximate surface area is 179 Å². The largest absolute Gasteiger partial charge is 0.495 e. The van der Waals surface area contributed by atoms with Crippen LogP contribution >= 0.6 is 11.6 Å². The van der Waals surface area contributed by atoms with Crippen LogP contribution in [-0.4, -0.2) is 43.6 Å². The minimum Gasteiger partial charge on any atom is -0.495 e. The first kappa shape index (κ1) is 21.8. The van der Waals surface area contributed by atoms with Gasteiger partial charge in [-0.05, 0) is 37.3 Å². The number of aryl methyl sites for hydroxylation is 1. The van der Waals surface area contributed by atoms with Crippen LogP contribution in [0.4, 0.5) is 17.5 Å². The van der Waals surface area contributed by atoms with Crippen molar-refractivity contribution in [3.63, 3.8) is 0 Å². The molecule has 9 nitrogen and oxygen atoms in total. The minimum absolute atomic E-state index is 0.0165. The number of hydrogen-bond donors (Lipinski definition) is 3. The van der Waals surface area contributed by atoms with Gasteiger partial charge in [-0.15, -0.1) is 0 Å². The van der Waals surface area contributed by atoms with Crippen LogP contribution in [0.25, 0.3) is 0 Å². The van der Waals surface area contributed by atoms with Gasteiger partial charge in [-0.2, -0.15) is 0 Å². The monoisotopic (exact) mass is 448 g/mol. The molecule has 0 spiro atoms. The van der Waals surface area contributed by atoms with Gasteiger partial charge in [-0.1, -0.05) is 17.7 Å². The summed E-state index contributed by atoms with van der Waals surface area (Å²) in [5.74, 6) is 2.57. The van der Waals surface area contributed by atoms with Crippen molar-refractivity contribution in [2.75, 3.05) is 30.8 Å². The van der Waals surface area contributed by atoms with E-state index in [4.69, 9.17) is 16.3 Å². The van der Waals surface area contributed by atoms with E-state index in [0.717, 1.165) is 0 Å². The molecule has 2 aromatic heterocycles. The number of nitrogens with zero attached hydrogens (tertiary/aromatic N) is 3. The van der Waals surface area contributed by atoms with Crippen molar-refractivity contribution in [1.29, 1.82) is 0 Å². The standard InChI is InChI=1S/C19H21ClN6O3S/c1-13-24-18(12-19(25-13)26-17-5-3-4-8-21-17)22-9-10-23-30(27,28)16-11-14(20)6-7-15(16)29-2/h3-8,11-12,23H,9-10H2,1-2H3,(H2,21,22,24,25,26). The summed E-state index contributed by atoms with van der Waals surface area (Å²) in [6.45, 7) is 2.20. The Bertz CT molecular complexity index is 1110. The van der Waals surface area contributed by atoms with E-state index in [1.54, 1.807) is 25.3 Å². The average Bonchev–Trinajstić information content (AvgIpc) is 2.71. The molecule has 0 bridgehead atoms. The molecule has 0 saturated carbocycles. The number of ether oxygens (including phenoxy) is 1. The number of sulfonamides is 1. The maximum absolute atomic E-state index is 12.6. The number of rotatable bonds is 9. The van der Waals surface area contributed by atoms with E-state index < -0.39 is 10.0 Å². The zero-order valence-electron chi connectivity index (χ0n) is 16.4. The second-order valence-corrected chi connectivity index (χ2v) is 8.32. The van der Waals surface area contributed by atoms with Crippen LogP contribution < -0.4 is 20.1 Å². The molecular weight excluding hydrogens is 428 g/mol. The van der Waals surface area contributed by atoms with Gasteiger partial charge in [0, 0.05) is 30.4 Å². The summed E-state index contributed by atoms with van der Waals surface area (Å²) < 4.78 is 32.8. The van der Waals surface area contributed by atoms with Crippen molar-refractivity contribution in [1.82, 2.24) is 19.7 Å². The van der Waals surface area contributed by atoms with Gasteiger partial charge in [0.1, 0.15) is 33.9 Å². The molecule has 0 aliphatic carbocycles. The number of methoxy groups -OCH3 is 1. The number of hydrogen-bond acceptors (Lipinski definition) is 8. The molecule has 0 aliphatic heterocycles. The molecule has 0 fully saturated rings. The zero-order valence-corrected chi connectivity index (χ0v) is 18.0. The average molecular weight is 449 g/mol. The van der Waals surface area contributed by atoms with E-state index in [-0.39, 0.29) is 17.2 Å². The fourth-order valence-electron chi connectivity index (χ4n) is 2.60. The Balaban J connectivity index is 1.61. The predicted molar refractivity (Wildman–Crippen MR) is 116 cm³/mol. The lowest BCUT2D eigenvalue weighted by Gasteiger charge is -2.12. The zero-order chi connectivity index (χ0) is 21.6. The Kier molecular flexibility index (Phi) is 7.03. The summed E-state index contributed by atoms with van der Waals surface area (Å²) in [4.78, 5) is 12.8. The lowest BCUT2D eigenvalue weighted by atomic mass is 10.3. The maximum Gasteiger partial charge on any atom is 0.244 e. The van der Waals surface area contributed by atoms with Gasteiger partial charge in [0.25, 0.3) is 0 Å². The van der Waals surface area contributed by atoms with Gasteiger partial charge >= 0.3 is 0 Å². The lowest BCUT2D eigenvalue weighted by molar-refractivity contribution is 0.402. The maximum atomic E-state index is 12.6. The van der Waals surface area contributed by atoms with Crippen molar-refractivity contribution < 1.29 is 13.2 Å². The highest BCUT2D eigenvalue weighted by atomic mass is 35.5. The summed E-state index contributed by atoms with van der Waals surface area (Å²) in [7, 11) is -2.39. The first-order chi connectivity index (χ1) is 14.4. The molecule has 0 saturated heterocycles. The number of anilines is 3. The number of nitrogens with one attached hydrogen (secondary N) is 3. The summed E-state index contributed by atoms with van der Waals surface area (Å²) in [5.41, 5.74) is 0. The molecule has 0 aliphatic rings. The normalized spacial score (nSPS) is 11.2. The van der Waals surface area contributed by atoms with Crippen LogP contribution in [0.5, 0.6) is 5.75 Å². The summed E-state index contributed by atoms with van der Waals surface area (Å²) >= 11 is 5.92. The molecular formula is C19H21ClN6O3S. The SMILES string of the molecule is COc1ccc(Cl)cc1S(=O)(=O)NCCNc1cc(Nc2ccccn2)nc(C)n1. The van der Waals surface area contributed by atoms with Crippen molar-refractivity contribution in [3.05, 3.63) is 59.5 Å². The molecule has 0 amide bonds. The van der Waals surface area contributed by atoms with Crippen molar-refractivity contribution in [2.24, 2.45) is 0 Å². The molecule has 11 heteroatoms. The molecule has 0 atom stereocenters. The first-order valence-corrected chi connectivity index (χ1v) is 10.8. The Hall–Kier alpha value is -2.95. The number of aromatic nitrogens is 3. The van der Waals surface area contributed by atoms with Crippen molar-refractivity contribution in [2.45, 2.75) is 11.8 Å². The summed E-state index contributed by atoms with van der Waals surface area (Å²) in [5, 5.41) is 6.48. The van der Waals surface area contributed by atoms with Crippen LogP contribution in [0.2, 0.25) is 5.02 Å². The fraction of sp³-hybridized carbons (Fsp3) is 0.211. The van der Waals surface area contributed by atoms with E-state index in [0.29, 0.717) is 34.8 Å². The number of benzene rings is 1. The van der Waals surface area contributed by atoms with E-state index >= 15 is 0 Å². The summed E-state index contributed by atoms with van der Waals surface area (Å²) in [6, 6.07) is 11.6. The van der Waals surface area contributed by atoms with Gasteiger partial charge < -0.3 is 15.4 Å². The molecule has 30 heavy (non-hydrogen) atoms. The van der Waals surface area contributed by atoms with Gasteiger partial charge in [0.05, 0.1) is 7.11 Å². The predicted octanol–water partition coefficient (Wildman–Crippen LogP) is 2.98. The van der Waals surface area contributed by atoms with Crippen LogP contribution in [0.15, 0.2) is 53.6 Å². The van der Waals surface area contributed by atoms with Crippen LogP contribution in [0, 0.1) is 6.92 Å². The molecule has 3 rings (SSSR count). The molecule has 1 aromatic carbocycles. The van der Waals surface area contributed by atoms with E-state index in [1.807, 2.05) is 18.2 Å². The van der Waals surface area contributed by atoms with E-state index in [1.165, 1.54) is 19.2 Å².